The molecule has 0 saturated carbocycles. The van der Waals surface area contributed by atoms with E-state index in [1.807, 2.05) is 45.0 Å². The lowest BCUT2D eigenvalue weighted by Crippen LogP contribution is -2.46. The molecule has 1 saturated heterocycles. The lowest BCUT2D eigenvalue weighted by molar-refractivity contribution is 0.249. The molecule has 0 spiro atoms. The van der Waals surface area contributed by atoms with E-state index in [-0.39, 0.29) is 17.9 Å². The minimum atomic E-state index is -0.324. The third kappa shape index (κ3) is 5.26. The highest BCUT2D eigenvalue weighted by Crippen LogP contribution is 2.28. The molecule has 0 aromatic heterocycles. The van der Waals surface area contributed by atoms with E-state index in [9.17, 15) is 9.18 Å². The van der Waals surface area contributed by atoms with Gasteiger partial charge in [0.05, 0.1) is 6.04 Å². The van der Waals surface area contributed by atoms with Gasteiger partial charge in [-0.1, -0.05) is 19.1 Å². The predicted molar refractivity (Wildman–Crippen MR) is 117 cm³/mol. The van der Waals surface area contributed by atoms with Crippen molar-refractivity contribution in [3.05, 3.63) is 58.9 Å². The number of rotatable bonds is 5. The fraction of sp³-hybridized carbons (Fsp3) is 0.435. The number of aryl methyl sites for hydroxylation is 2. The maximum atomic E-state index is 14.0. The molecule has 0 bridgehead atoms. The van der Waals surface area contributed by atoms with Crippen LogP contribution in [-0.2, 0) is 0 Å². The summed E-state index contributed by atoms with van der Waals surface area (Å²) in [5, 5.41) is 5.88. The molecular formula is C23H31FN4O. The first-order valence-corrected chi connectivity index (χ1v) is 10.3. The number of likely N-dealkylation sites (N-methyl/N-ethyl adjacent to an activating group) is 1. The molecule has 2 aromatic carbocycles. The first kappa shape index (κ1) is 21.1. The van der Waals surface area contributed by atoms with Gasteiger partial charge in [-0.2, -0.15) is 0 Å². The highest BCUT2D eigenvalue weighted by Gasteiger charge is 2.22. The van der Waals surface area contributed by atoms with E-state index >= 15 is 0 Å². The average molecular weight is 399 g/mol. The molecule has 1 heterocycles. The maximum absolute atomic E-state index is 14.0. The zero-order chi connectivity index (χ0) is 21.0. The summed E-state index contributed by atoms with van der Waals surface area (Å²) in [5.74, 6) is -0.292. The Balaban J connectivity index is 1.73. The number of benzene rings is 2. The molecule has 1 fully saturated rings. The fourth-order valence-electron chi connectivity index (χ4n) is 3.77. The summed E-state index contributed by atoms with van der Waals surface area (Å²) in [6, 6.07) is 10.2. The first-order chi connectivity index (χ1) is 13.9. The van der Waals surface area contributed by atoms with Crippen molar-refractivity contribution in [2.75, 3.05) is 42.9 Å². The Hall–Kier alpha value is -2.60. The predicted octanol–water partition coefficient (Wildman–Crippen LogP) is 4.47. The van der Waals surface area contributed by atoms with Crippen LogP contribution in [0.4, 0.5) is 20.6 Å². The number of carbonyl (C=O) groups excluding carboxylic acids is 1. The summed E-state index contributed by atoms with van der Waals surface area (Å²) in [4.78, 5) is 17.3. The summed E-state index contributed by atoms with van der Waals surface area (Å²) in [7, 11) is 0. The molecular weight excluding hydrogens is 367 g/mol. The number of carbonyl (C=O) groups is 1. The smallest absolute Gasteiger partial charge is 0.319 e. The molecule has 29 heavy (non-hydrogen) atoms. The Morgan fingerprint density at radius 2 is 1.83 bits per heavy atom. The Morgan fingerprint density at radius 3 is 2.52 bits per heavy atom. The van der Waals surface area contributed by atoms with Crippen LogP contribution in [0.15, 0.2) is 36.4 Å². The molecule has 1 unspecified atom stereocenters. The van der Waals surface area contributed by atoms with E-state index in [2.05, 4.69) is 27.4 Å². The summed E-state index contributed by atoms with van der Waals surface area (Å²) in [5.41, 5.74) is 4.65. The minimum absolute atomic E-state index is 0.292. The molecule has 1 aliphatic heterocycles. The standard InChI is InChI=1S/C23H31FN4O/c1-5-27-10-12-28(13-11-27)22-9-8-19(24)15-20(22)18(4)25-23(29)26-21-14-16(2)6-7-17(21)3/h6-9,14-15,18H,5,10-13H2,1-4H3,(H2,25,26,29). The van der Waals surface area contributed by atoms with Crippen molar-refractivity contribution in [2.45, 2.75) is 33.7 Å². The normalized spacial score (nSPS) is 15.8. The molecule has 0 radical (unpaired) electrons. The Bertz CT molecular complexity index is 862. The summed E-state index contributed by atoms with van der Waals surface area (Å²) >= 11 is 0. The van der Waals surface area contributed by atoms with Gasteiger partial charge in [-0.05, 0) is 62.7 Å². The van der Waals surface area contributed by atoms with Gasteiger partial charge < -0.3 is 20.4 Å². The highest BCUT2D eigenvalue weighted by atomic mass is 19.1. The largest absolute Gasteiger partial charge is 0.369 e. The van der Waals surface area contributed by atoms with E-state index in [0.717, 1.165) is 60.8 Å². The third-order valence-corrected chi connectivity index (χ3v) is 5.61. The van der Waals surface area contributed by atoms with Crippen LogP contribution in [0.25, 0.3) is 0 Å². The van der Waals surface area contributed by atoms with Crippen LogP contribution >= 0.6 is 0 Å². The number of piperazine rings is 1. The first-order valence-electron chi connectivity index (χ1n) is 10.3. The molecule has 1 aliphatic rings. The van der Waals surface area contributed by atoms with Crippen molar-refractivity contribution in [3.63, 3.8) is 0 Å². The second-order valence-electron chi connectivity index (χ2n) is 7.76. The lowest BCUT2D eigenvalue weighted by Gasteiger charge is -2.37. The van der Waals surface area contributed by atoms with Crippen LogP contribution in [0, 0.1) is 19.7 Å². The molecule has 1 atom stereocenters. The fourth-order valence-corrected chi connectivity index (χ4v) is 3.77. The average Bonchev–Trinajstić information content (AvgIpc) is 2.70. The van der Waals surface area contributed by atoms with Gasteiger partial charge in [0.1, 0.15) is 5.82 Å². The summed E-state index contributed by atoms with van der Waals surface area (Å²) in [6.45, 7) is 12.8. The zero-order valence-corrected chi connectivity index (χ0v) is 17.8. The van der Waals surface area contributed by atoms with Crippen LogP contribution < -0.4 is 15.5 Å². The zero-order valence-electron chi connectivity index (χ0n) is 17.8. The van der Waals surface area contributed by atoms with Crippen LogP contribution in [-0.4, -0.2) is 43.7 Å². The quantitative estimate of drug-likeness (QED) is 0.781. The monoisotopic (exact) mass is 398 g/mol. The van der Waals surface area contributed by atoms with Gasteiger partial charge >= 0.3 is 6.03 Å². The van der Waals surface area contributed by atoms with Gasteiger partial charge in [0.15, 0.2) is 0 Å². The molecule has 3 rings (SSSR count). The third-order valence-electron chi connectivity index (χ3n) is 5.61. The number of hydrogen-bond donors (Lipinski definition) is 2. The van der Waals surface area contributed by atoms with Crippen molar-refractivity contribution in [1.29, 1.82) is 0 Å². The highest BCUT2D eigenvalue weighted by molar-refractivity contribution is 5.90. The Kier molecular flexibility index (Phi) is 6.75. The van der Waals surface area contributed by atoms with Crippen molar-refractivity contribution < 1.29 is 9.18 Å². The number of hydrogen-bond acceptors (Lipinski definition) is 3. The summed E-state index contributed by atoms with van der Waals surface area (Å²) < 4.78 is 14.0. The molecule has 0 aliphatic carbocycles. The molecule has 2 N–H and O–H groups in total. The number of halogens is 1. The van der Waals surface area contributed by atoms with Crippen molar-refractivity contribution in [1.82, 2.24) is 10.2 Å². The van der Waals surface area contributed by atoms with Crippen molar-refractivity contribution >= 4 is 17.4 Å². The van der Waals surface area contributed by atoms with Gasteiger partial charge in [0.2, 0.25) is 0 Å². The Labute approximate surface area is 172 Å². The van der Waals surface area contributed by atoms with E-state index < -0.39 is 0 Å². The van der Waals surface area contributed by atoms with E-state index in [1.54, 1.807) is 0 Å². The molecule has 2 amide bonds. The molecule has 6 heteroatoms. The summed E-state index contributed by atoms with van der Waals surface area (Å²) in [6.07, 6.45) is 0. The molecule has 5 nitrogen and oxygen atoms in total. The second kappa shape index (κ2) is 9.27. The van der Waals surface area contributed by atoms with E-state index in [0.29, 0.717) is 0 Å². The maximum Gasteiger partial charge on any atom is 0.319 e. The number of amides is 2. The molecule has 156 valence electrons. The van der Waals surface area contributed by atoms with Crippen LogP contribution in [0.5, 0.6) is 0 Å². The second-order valence-corrected chi connectivity index (χ2v) is 7.76. The topological polar surface area (TPSA) is 47.6 Å². The van der Waals surface area contributed by atoms with Gasteiger partial charge in [-0.25, -0.2) is 9.18 Å². The van der Waals surface area contributed by atoms with E-state index in [1.165, 1.54) is 12.1 Å². The number of nitrogens with one attached hydrogen (secondary N) is 2. The minimum Gasteiger partial charge on any atom is -0.369 e. The van der Waals surface area contributed by atoms with Crippen molar-refractivity contribution in [2.24, 2.45) is 0 Å². The van der Waals surface area contributed by atoms with Crippen molar-refractivity contribution in [3.8, 4) is 0 Å². The van der Waals surface area contributed by atoms with Crippen LogP contribution in [0.1, 0.15) is 36.6 Å². The number of anilines is 2. The molecule has 2 aromatic rings. The Morgan fingerprint density at radius 1 is 1.10 bits per heavy atom. The van der Waals surface area contributed by atoms with Crippen LogP contribution in [0.2, 0.25) is 0 Å². The number of nitrogens with zero attached hydrogens (tertiary/aromatic N) is 2. The van der Waals surface area contributed by atoms with E-state index in [4.69, 9.17) is 0 Å². The van der Waals surface area contributed by atoms with Gasteiger partial charge in [-0.15, -0.1) is 0 Å². The van der Waals surface area contributed by atoms with Gasteiger partial charge in [0.25, 0.3) is 0 Å². The lowest BCUT2D eigenvalue weighted by atomic mass is 10.0. The van der Waals surface area contributed by atoms with Gasteiger partial charge in [0, 0.05) is 43.1 Å². The SMILES string of the molecule is CCN1CCN(c2ccc(F)cc2C(C)NC(=O)Nc2cc(C)ccc2C)CC1. The number of urea groups is 1. The van der Waals surface area contributed by atoms with Crippen LogP contribution in [0.3, 0.4) is 0 Å². The van der Waals surface area contributed by atoms with Gasteiger partial charge in [-0.3, -0.25) is 0 Å².